The highest BCUT2D eigenvalue weighted by Gasteiger charge is 2.17. The Labute approximate surface area is 182 Å². The molecule has 0 aromatic heterocycles. The van der Waals surface area contributed by atoms with Crippen LogP contribution in [-0.4, -0.2) is 61.5 Å². The third kappa shape index (κ3) is 14.9. The molecule has 1 N–H and O–H groups in total. The molecule has 0 aliphatic carbocycles. The molecule has 0 spiro atoms. The van der Waals surface area contributed by atoms with Crippen LogP contribution in [0.25, 0.3) is 0 Å². The molecule has 172 valence electrons. The van der Waals surface area contributed by atoms with Gasteiger partial charge in [0.15, 0.2) is 0 Å². The lowest BCUT2D eigenvalue weighted by Crippen LogP contribution is -2.47. The molecule has 4 heteroatoms. The summed E-state index contributed by atoms with van der Waals surface area (Å²) in [6.45, 7) is 11.5. The minimum atomic E-state index is 0.357. The molecule has 1 saturated heterocycles. The second kappa shape index (κ2) is 19.4. The summed E-state index contributed by atoms with van der Waals surface area (Å²) in [5, 5.41) is 3.34. The lowest BCUT2D eigenvalue weighted by atomic mass is 10.1. The van der Waals surface area contributed by atoms with Gasteiger partial charge in [-0.2, -0.15) is 0 Å². The van der Waals surface area contributed by atoms with Crippen LogP contribution in [0.3, 0.4) is 0 Å². The first kappa shape index (κ1) is 26.4. The van der Waals surface area contributed by atoms with Crippen LogP contribution >= 0.6 is 0 Å². The van der Waals surface area contributed by atoms with Crippen molar-refractivity contribution in [1.82, 2.24) is 15.1 Å². The van der Waals surface area contributed by atoms with E-state index in [1.165, 1.54) is 103 Å². The summed E-state index contributed by atoms with van der Waals surface area (Å²) < 4.78 is 0. The predicted octanol–water partition coefficient (Wildman–Crippen LogP) is 5.61. The number of rotatable bonds is 19. The van der Waals surface area contributed by atoms with E-state index in [1.807, 2.05) is 0 Å². The maximum atomic E-state index is 12.5. The zero-order valence-electron chi connectivity index (χ0n) is 19.9. The number of hydrogen-bond acceptors (Lipinski definition) is 3. The Morgan fingerprint density at radius 2 is 1.14 bits per heavy atom. The molecule has 0 radical (unpaired) electrons. The molecule has 0 saturated carbocycles. The molecular weight excluding hydrogens is 358 g/mol. The summed E-state index contributed by atoms with van der Waals surface area (Å²) in [7, 11) is 0. The zero-order chi connectivity index (χ0) is 21.0. The van der Waals surface area contributed by atoms with Gasteiger partial charge in [0.05, 0.1) is 0 Å². The van der Waals surface area contributed by atoms with Crippen molar-refractivity contribution < 1.29 is 4.79 Å². The van der Waals surface area contributed by atoms with Gasteiger partial charge < -0.3 is 15.1 Å². The van der Waals surface area contributed by atoms with Gasteiger partial charge in [0.25, 0.3) is 0 Å². The number of unbranched alkanes of at least 4 members (excludes halogenated alkanes) is 12. The van der Waals surface area contributed by atoms with E-state index in [1.54, 1.807) is 0 Å². The molecular formula is C25H51N3O. The van der Waals surface area contributed by atoms with Gasteiger partial charge in [-0.05, 0) is 25.9 Å². The van der Waals surface area contributed by atoms with Crippen LogP contribution in [0.5, 0.6) is 0 Å². The molecule has 1 aliphatic heterocycles. The normalized spacial score (nSPS) is 14.7. The minimum Gasteiger partial charge on any atom is -0.340 e. The number of nitrogens with one attached hydrogen (secondary N) is 1. The van der Waals surface area contributed by atoms with E-state index < -0.39 is 0 Å². The lowest BCUT2D eigenvalue weighted by Gasteiger charge is -2.29. The number of nitrogens with zero attached hydrogens (tertiary/aromatic N) is 2. The second-order valence-electron chi connectivity index (χ2n) is 8.97. The molecule has 1 aliphatic rings. The monoisotopic (exact) mass is 409 g/mol. The van der Waals surface area contributed by atoms with Crippen molar-refractivity contribution in [3.8, 4) is 0 Å². The number of carbonyl (C=O) groups excluding carboxylic acids is 1. The topological polar surface area (TPSA) is 35.6 Å². The Morgan fingerprint density at radius 1 is 0.690 bits per heavy atom. The average Bonchev–Trinajstić information content (AvgIpc) is 2.76. The van der Waals surface area contributed by atoms with E-state index >= 15 is 0 Å². The summed E-state index contributed by atoms with van der Waals surface area (Å²) in [4.78, 5) is 17.2. The van der Waals surface area contributed by atoms with Crippen LogP contribution in [0.15, 0.2) is 0 Å². The Bertz CT molecular complexity index is 351. The highest BCUT2D eigenvalue weighted by Crippen LogP contribution is 2.11. The van der Waals surface area contributed by atoms with Gasteiger partial charge in [0.2, 0.25) is 5.91 Å². The Morgan fingerprint density at radius 3 is 1.62 bits per heavy atom. The van der Waals surface area contributed by atoms with E-state index in [0.717, 1.165) is 32.7 Å². The molecule has 0 atom stereocenters. The van der Waals surface area contributed by atoms with E-state index in [-0.39, 0.29) is 0 Å². The number of amides is 1. The zero-order valence-corrected chi connectivity index (χ0v) is 19.9. The van der Waals surface area contributed by atoms with Gasteiger partial charge in [-0.1, -0.05) is 90.9 Å². The highest BCUT2D eigenvalue weighted by atomic mass is 16.2. The van der Waals surface area contributed by atoms with E-state index in [0.29, 0.717) is 12.3 Å². The quantitative estimate of drug-likeness (QED) is 0.282. The van der Waals surface area contributed by atoms with Crippen LogP contribution < -0.4 is 5.32 Å². The summed E-state index contributed by atoms with van der Waals surface area (Å²) in [6, 6.07) is 0. The molecule has 4 nitrogen and oxygen atoms in total. The fourth-order valence-corrected chi connectivity index (χ4v) is 4.25. The standard InChI is InChI=1S/C25H51N3O/c1-3-5-7-9-11-13-15-20-27(21-16-14-12-10-8-6-4-2)22-17-25(29)28-23-18-26-19-24-28/h26H,3-24H2,1-2H3. The molecule has 29 heavy (non-hydrogen) atoms. The first-order valence-corrected chi connectivity index (χ1v) is 13.0. The van der Waals surface area contributed by atoms with Gasteiger partial charge >= 0.3 is 0 Å². The second-order valence-corrected chi connectivity index (χ2v) is 8.97. The van der Waals surface area contributed by atoms with Gasteiger partial charge in [0.1, 0.15) is 0 Å². The first-order chi connectivity index (χ1) is 14.3. The van der Waals surface area contributed by atoms with Crippen LogP contribution in [-0.2, 0) is 4.79 Å². The molecule has 1 fully saturated rings. The third-order valence-electron chi connectivity index (χ3n) is 6.27. The van der Waals surface area contributed by atoms with E-state index in [2.05, 4.69) is 29.0 Å². The number of hydrogen-bond donors (Lipinski definition) is 1. The molecule has 1 heterocycles. The summed E-state index contributed by atoms with van der Waals surface area (Å²) in [5.74, 6) is 0.357. The van der Waals surface area contributed by atoms with Crippen molar-refractivity contribution in [3.05, 3.63) is 0 Å². The summed E-state index contributed by atoms with van der Waals surface area (Å²) in [6.07, 6.45) is 19.8. The molecule has 0 bridgehead atoms. The minimum absolute atomic E-state index is 0.357. The highest BCUT2D eigenvalue weighted by molar-refractivity contribution is 5.76. The smallest absolute Gasteiger partial charge is 0.223 e. The van der Waals surface area contributed by atoms with E-state index in [4.69, 9.17) is 0 Å². The Balaban J connectivity index is 2.22. The fraction of sp³-hybridized carbons (Fsp3) is 0.960. The predicted molar refractivity (Wildman–Crippen MR) is 126 cm³/mol. The van der Waals surface area contributed by atoms with Crippen LogP contribution in [0.4, 0.5) is 0 Å². The van der Waals surface area contributed by atoms with Crippen molar-refractivity contribution in [2.24, 2.45) is 0 Å². The van der Waals surface area contributed by atoms with Gasteiger partial charge in [0, 0.05) is 39.1 Å². The molecule has 1 amide bonds. The fourth-order valence-electron chi connectivity index (χ4n) is 4.25. The van der Waals surface area contributed by atoms with Crippen molar-refractivity contribution in [3.63, 3.8) is 0 Å². The van der Waals surface area contributed by atoms with Crippen LogP contribution in [0.1, 0.15) is 110 Å². The third-order valence-corrected chi connectivity index (χ3v) is 6.27. The van der Waals surface area contributed by atoms with Gasteiger partial charge in [-0.15, -0.1) is 0 Å². The Kier molecular flexibility index (Phi) is 17.6. The van der Waals surface area contributed by atoms with Crippen molar-refractivity contribution in [2.75, 3.05) is 45.8 Å². The molecule has 0 aromatic rings. The largest absolute Gasteiger partial charge is 0.340 e. The van der Waals surface area contributed by atoms with E-state index in [9.17, 15) is 4.79 Å². The maximum Gasteiger partial charge on any atom is 0.223 e. The number of carbonyl (C=O) groups is 1. The van der Waals surface area contributed by atoms with Crippen molar-refractivity contribution >= 4 is 5.91 Å². The number of piperazine rings is 1. The summed E-state index contributed by atoms with van der Waals surface area (Å²) in [5.41, 5.74) is 0. The maximum absolute atomic E-state index is 12.5. The molecule has 0 unspecified atom stereocenters. The molecule has 0 aromatic carbocycles. The van der Waals surface area contributed by atoms with Crippen LogP contribution in [0, 0.1) is 0 Å². The van der Waals surface area contributed by atoms with Crippen molar-refractivity contribution in [1.29, 1.82) is 0 Å². The lowest BCUT2D eigenvalue weighted by molar-refractivity contribution is -0.132. The SMILES string of the molecule is CCCCCCCCCN(CCCCCCCCC)CCC(=O)N1CCNCC1. The van der Waals surface area contributed by atoms with Gasteiger partial charge in [-0.3, -0.25) is 4.79 Å². The van der Waals surface area contributed by atoms with Crippen LogP contribution in [0.2, 0.25) is 0 Å². The Hall–Kier alpha value is -0.610. The summed E-state index contributed by atoms with van der Waals surface area (Å²) >= 11 is 0. The van der Waals surface area contributed by atoms with Gasteiger partial charge in [-0.25, -0.2) is 0 Å². The molecule has 1 rings (SSSR count). The first-order valence-electron chi connectivity index (χ1n) is 13.0. The average molecular weight is 410 g/mol. The van der Waals surface area contributed by atoms with Crippen molar-refractivity contribution in [2.45, 2.75) is 110 Å².